The molecule has 7 heteroatoms. The van der Waals surface area contributed by atoms with E-state index in [1.807, 2.05) is 17.0 Å². The molecule has 7 nitrogen and oxygen atoms in total. The van der Waals surface area contributed by atoms with Gasteiger partial charge in [-0.3, -0.25) is 4.90 Å². The molecule has 0 unspecified atom stereocenters. The van der Waals surface area contributed by atoms with Crippen molar-refractivity contribution in [2.24, 2.45) is 0 Å². The Hall–Kier alpha value is -3.06. The van der Waals surface area contributed by atoms with Gasteiger partial charge in [0.1, 0.15) is 5.75 Å². The highest BCUT2D eigenvalue weighted by Gasteiger charge is 2.19. The zero-order chi connectivity index (χ0) is 20.6. The highest BCUT2D eigenvalue weighted by atomic mass is 16.5. The maximum atomic E-state index is 12.5. The molecule has 0 bridgehead atoms. The van der Waals surface area contributed by atoms with Crippen molar-refractivity contribution in [2.75, 3.05) is 33.3 Å². The summed E-state index contributed by atoms with van der Waals surface area (Å²) >= 11 is 0. The molecule has 2 aromatic rings. The van der Waals surface area contributed by atoms with Crippen LogP contribution in [0.25, 0.3) is 0 Å². The number of hydrogen-bond donors (Lipinski definition) is 2. The van der Waals surface area contributed by atoms with Crippen LogP contribution in [0.2, 0.25) is 0 Å². The SMILES string of the molecule is COc1ccc(CN2CCCN(C(=O)NCc3ccc(C(=O)O)cc3)CC2)cc1. The second-order valence-electron chi connectivity index (χ2n) is 7.13. The van der Waals surface area contributed by atoms with Gasteiger partial charge in [0.15, 0.2) is 0 Å². The fourth-order valence-electron chi connectivity index (χ4n) is 3.38. The normalized spacial score (nSPS) is 14.9. The number of benzene rings is 2. The Morgan fingerprint density at radius 2 is 1.66 bits per heavy atom. The van der Waals surface area contributed by atoms with Gasteiger partial charge in [0.25, 0.3) is 0 Å². The summed E-state index contributed by atoms with van der Waals surface area (Å²) in [7, 11) is 1.66. The number of urea groups is 1. The van der Waals surface area contributed by atoms with Gasteiger partial charge in [0.2, 0.25) is 0 Å². The number of nitrogens with one attached hydrogen (secondary N) is 1. The van der Waals surface area contributed by atoms with Crippen LogP contribution in [0, 0.1) is 0 Å². The molecule has 1 saturated heterocycles. The van der Waals surface area contributed by atoms with Crippen LogP contribution >= 0.6 is 0 Å². The van der Waals surface area contributed by atoms with E-state index in [0.29, 0.717) is 13.1 Å². The number of nitrogens with zero attached hydrogens (tertiary/aromatic N) is 2. The molecule has 0 radical (unpaired) electrons. The number of aromatic carboxylic acids is 1. The van der Waals surface area contributed by atoms with Crippen molar-refractivity contribution in [3.8, 4) is 5.75 Å². The summed E-state index contributed by atoms with van der Waals surface area (Å²) in [5.41, 5.74) is 2.34. The second kappa shape index (κ2) is 9.93. The molecule has 0 aliphatic carbocycles. The molecule has 1 heterocycles. The number of carboxylic acids is 1. The fraction of sp³-hybridized carbons (Fsp3) is 0.364. The first-order valence-electron chi connectivity index (χ1n) is 9.75. The smallest absolute Gasteiger partial charge is 0.335 e. The molecule has 1 fully saturated rings. The van der Waals surface area contributed by atoms with Crippen LogP contribution in [-0.2, 0) is 13.1 Å². The van der Waals surface area contributed by atoms with Crippen molar-refractivity contribution in [1.29, 1.82) is 0 Å². The van der Waals surface area contributed by atoms with Crippen molar-refractivity contribution in [2.45, 2.75) is 19.5 Å². The van der Waals surface area contributed by atoms with Crippen molar-refractivity contribution < 1.29 is 19.4 Å². The molecule has 29 heavy (non-hydrogen) atoms. The molecule has 2 amide bonds. The van der Waals surface area contributed by atoms with Crippen molar-refractivity contribution in [1.82, 2.24) is 15.1 Å². The van der Waals surface area contributed by atoms with Crippen LogP contribution in [0.15, 0.2) is 48.5 Å². The number of carbonyl (C=O) groups excluding carboxylic acids is 1. The third-order valence-corrected chi connectivity index (χ3v) is 5.09. The Morgan fingerprint density at radius 3 is 2.31 bits per heavy atom. The minimum absolute atomic E-state index is 0.0846. The predicted octanol–water partition coefficient (Wildman–Crippen LogP) is 2.81. The lowest BCUT2D eigenvalue weighted by molar-refractivity contribution is 0.0697. The van der Waals surface area contributed by atoms with Gasteiger partial charge in [0.05, 0.1) is 12.7 Å². The molecular weight excluding hydrogens is 370 g/mol. The average Bonchev–Trinajstić information content (AvgIpc) is 2.98. The number of carbonyl (C=O) groups is 2. The third-order valence-electron chi connectivity index (χ3n) is 5.09. The summed E-state index contributed by atoms with van der Waals surface area (Å²) in [4.78, 5) is 27.6. The minimum atomic E-state index is -0.954. The Morgan fingerprint density at radius 1 is 0.966 bits per heavy atom. The van der Waals surface area contributed by atoms with Crippen molar-refractivity contribution >= 4 is 12.0 Å². The van der Waals surface area contributed by atoms with Gasteiger partial charge in [0, 0.05) is 39.3 Å². The van der Waals surface area contributed by atoms with Crippen LogP contribution in [0.4, 0.5) is 4.79 Å². The third kappa shape index (κ3) is 5.96. The number of ether oxygens (including phenoxy) is 1. The summed E-state index contributed by atoms with van der Waals surface area (Å²) in [6, 6.07) is 14.5. The molecule has 0 atom stereocenters. The topological polar surface area (TPSA) is 82.1 Å². The maximum absolute atomic E-state index is 12.5. The molecule has 0 spiro atoms. The highest BCUT2D eigenvalue weighted by molar-refractivity contribution is 5.87. The maximum Gasteiger partial charge on any atom is 0.335 e. The number of amides is 2. The number of methoxy groups -OCH3 is 1. The van der Waals surface area contributed by atoms with Gasteiger partial charge in [-0.2, -0.15) is 0 Å². The van der Waals surface area contributed by atoms with Crippen molar-refractivity contribution in [3.63, 3.8) is 0 Å². The molecule has 3 rings (SSSR count). The summed E-state index contributed by atoms with van der Waals surface area (Å²) < 4.78 is 5.20. The largest absolute Gasteiger partial charge is 0.497 e. The fourth-order valence-corrected chi connectivity index (χ4v) is 3.38. The number of rotatable bonds is 6. The van der Waals surface area contributed by atoms with E-state index in [0.717, 1.165) is 43.9 Å². The standard InChI is InChI=1S/C22H27N3O4/c1-29-20-9-5-18(6-10-20)16-24-11-2-12-25(14-13-24)22(28)23-15-17-3-7-19(8-4-17)21(26)27/h3-10H,2,11-16H2,1H3,(H,23,28)(H,26,27). The molecular formula is C22H27N3O4. The van der Waals surface area contributed by atoms with Gasteiger partial charge in [-0.15, -0.1) is 0 Å². The molecule has 2 aromatic carbocycles. The molecule has 1 aliphatic heterocycles. The summed E-state index contributed by atoms with van der Waals surface area (Å²) in [5.74, 6) is -0.102. The van der Waals surface area contributed by atoms with Crippen LogP contribution < -0.4 is 10.1 Å². The Kier molecular flexibility index (Phi) is 7.08. The van der Waals surface area contributed by atoms with E-state index in [1.165, 1.54) is 5.56 Å². The zero-order valence-electron chi connectivity index (χ0n) is 16.6. The van der Waals surface area contributed by atoms with Gasteiger partial charge < -0.3 is 20.1 Å². The summed E-state index contributed by atoms with van der Waals surface area (Å²) in [6.45, 7) is 4.42. The minimum Gasteiger partial charge on any atom is -0.497 e. The number of hydrogen-bond acceptors (Lipinski definition) is 4. The first-order chi connectivity index (χ1) is 14.0. The van der Waals surface area contributed by atoms with Crippen LogP contribution in [0.3, 0.4) is 0 Å². The molecule has 1 aliphatic rings. The summed E-state index contributed by atoms with van der Waals surface area (Å²) in [6.07, 6.45) is 0.927. The quantitative estimate of drug-likeness (QED) is 0.783. The Bertz CT molecular complexity index is 821. The van der Waals surface area contributed by atoms with E-state index in [2.05, 4.69) is 22.3 Å². The first-order valence-corrected chi connectivity index (χ1v) is 9.75. The van der Waals surface area contributed by atoms with Crippen LogP contribution in [0.5, 0.6) is 5.75 Å². The highest BCUT2D eigenvalue weighted by Crippen LogP contribution is 2.14. The van der Waals surface area contributed by atoms with E-state index in [1.54, 1.807) is 31.4 Å². The second-order valence-corrected chi connectivity index (χ2v) is 7.13. The molecule has 0 saturated carbocycles. The number of carboxylic acid groups (broad SMARTS) is 1. The van der Waals surface area contributed by atoms with Gasteiger partial charge >= 0.3 is 12.0 Å². The van der Waals surface area contributed by atoms with E-state index in [-0.39, 0.29) is 11.6 Å². The molecule has 154 valence electrons. The van der Waals surface area contributed by atoms with Crippen LogP contribution in [0.1, 0.15) is 27.9 Å². The molecule has 2 N–H and O–H groups in total. The van der Waals surface area contributed by atoms with Gasteiger partial charge in [-0.05, 0) is 41.8 Å². The molecule has 0 aromatic heterocycles. The van der Waals surface area contributed by atoms with Crippen molar-refractivity contribution in [3.05, 3.63) is 65.2 Å². The van der Waals surface area contributed by atoms with E-state index in [9.17, 15) is 9.59 Å². The van der Waals surface area contributed by atoms with Gasteiger partial charge in [-0.1, -0.05) is 24.3 Å². The van der Waals surface area contributed by atoms with E-state index >= 15 is 0 Å². The lowest BCUT2D eigenvalue weighted by Gasteiger charge is -2.22. The Balaban J connectivity index is 1.46. The van der Waals surface area contributed by atoms with E-state index in [4.69, 9.17) is 9.84 Å². The average molecular weight is 397 g/mol. The van der Waals surface area contributed by atoms with Gasteiger partial charge in [-0.25, -0.2) is 9.59 Å². The zero-order valence-corrected chi connectivity index (χ0v) is 16.6. The van der Waals surface area contributed by atoms with Crippen LogP contribution in [-0.4, -0.2) is 60.2 Å². The first kappa shape index (κ1) is 20.7. The monoisotopic (exact) mass is 397 g/mol. The summed E-state index contributed by atoms with van der Waals surface area (Å²) in [5, 5.41) is 11.9. The predicted molar refractivity (Wildman–Crippen MR) is 110 cm³/mol. The Labute approximate surface area is 170 Å². The van der Waals surface area contributed by atoms with E-state index < -0.39 is 5.97 Å². The lowest BCUT2D eigenvalue weighted by Crippen LogP contribution is -2.41. The lowest BCUT2D eigenvalue weighted by atomic mass is 10.1.